The molecule has 2 atom stereocenters. The van der Waals surface area contributed by atoms with E-state index in [0.717, 1.165) is 0 Å². The van der Waals surface area contributed by atoms with E-state index in [1.54, 1.807) is 0 Å². The maximum absolute atomic E-state index is 2.34. The van der Waals surface area contributed by atoms with Crippen LogP contribution in [0.2, 0.25) is 0 Å². The molecule has 0 aliphatic heterocycles. The standard InChI is InChI=1S/C19H24/c1-16(18-12-5-3-6-13-18)10-9-11-17(2)19-14-7-4-8-15-19/h3-8,12-17H,9-11H2,1-2H3/t16-,17+. The molecule has 0 aliphatic rings. The maximum atomic E-state index is 2.34. The van der Waals surface area contributed by atoms with Gasteiger partial charge in [-0.3, -0.25) is 0 Å². The summed E-state index contributed by atoms with van der Waals surface area (Å²) in [6, 6.07) is 21.7. The number of hydrogen-bond acceptors (Lipinski definition) is 0. The van der Waals surface area contributed by atoms with Gasteiger partial charge in [-0.2, -0.15) is 0 Å². The fraction of sp³-hybridized carbons (Fsp3) is 0.368. The Labute approximate surface area is 117 Å². The lowest BCUT2D eigenvalue weighted by atomic mass is 9.91. The Kier molecular flexibility index (Phi) is 5.20. The van der Waals surface area contributed by atoms with E-state index in [0.29, 0.717) is 11.8 Å². The molecule has 19 heavy (non-hydrogen) atoms. The molecular weight excluding hydrogens is 228 g/mol. The molecule has 0 amide bonds. The van der Waals surface area contributed by atoms with Gasteiger partial charge >= 0.3 is 0 Å². The second-order valence-electron chi connectivity index (χ2n) is 5.55. The maximum Gasteiger partial charge on any atom is -0.0190 e. The van der Waals surface area contributed by atoms with Crippen LogP contribution >= 0.6 is 0 Å². The van der Waals surface area contributed by atoms with Gasteiger partial charge in [0.2, 0.25) is 0 Å². The van der Waals surface area contributed by atoms with Gasteiger partial charge in [0.25, 0.3) is 0 Å². The first kappa shape index (κ1) is 13.9. The van der Waals surface area contributed by atoms with E-state index >= 15 is 0 Å². The Bertz CT molecular complexity index is 412. The summed E-state index contributed by atoms with van der Waals surface area (Å²) in [4.78, 5) is 0. The molecule has 0 heterocycles. The van der Waals surface area contributed by atoms with Crippen LogP contribution in [0.4, 0.5) is 0 Å². The largest absolute Gasteiger partial charge is 0.0622 e. The van der Waals surface area contributed by atoms with Crippen LogP contribution in [0, 0.1) is 0 Å². The van der Waals surface area contributed by atoms with Crippen molar-refractivity contribution in [2.24, 2.45) is 0 Å². The van der Waals surface area contributed by atoms with Crippen LogP contribution in [0.5, 0.6) is 0 Å². The van der Waals surface area contributed by atoms with Crippen molar-refractivity contribution in [2.45, 2.75) is 44.9 Å². The minimum atomic E-state index is 0.671. The Morgan fingerprint density at radius 1 is 0.632 bits per heavy atom. The highest BCUT2D eigenvalue weighted by atomic mass is 14.1. The summed E-state index contributed by atoms with van der Waals surface area (Å²) < 4.78 is 0. The monoisotopic (exact) mass is 252 g/mol. The predicted molar refractivity (Wildman–Crippen MR) is 83.6 cm³/mol. The smallest absolute Gasteiger partial charge is 0.0190 e. The van der Waals surface area contributed by atoms with Gasteiger partial charge in [-0.1, -0.05) is 80.9 Å². The van der Waals surface area contributed by atoms with Crippen LogP contribution in [0.15, 0.2) is 60.7 Å². The van der Waals surface area contributed by atoms with E-state index in [2.05, 4.69) is 74.5 Å². The number of hydrogen-bond donors (Lipinski definition) is 0. The van der Waals surface area contributed by atoms with Crippen molar-refractivity contribution >= 4 is 0 Å². The molecule has 0 spiro atoms. The molecule has 0 fully saturated rings. The summed E-state index contributed by atoms with van der Waals surface area (Å²) in [6.07, 6.45) is 3.86. The van der Waals surface area contributed by atoms with Crippen LogP contribution in [-0.4, -0.2) is 0 Å². The van der Waals surface area contributed by atoms with E-state index in [9.17, 15) is 0 Å². The first-order chi connectivity index (χ1) is 9.27. The van der Waals surface area contributed by atoms with Crippen molar-refractivity contribution in [3.05, 3.63) is 71.8 Å². The molecule has 2 rings (SSSR count). The van der Waals surface area contributed by atoms with Gasteiger partial charge in [0.05, 0.1) is 0 Å². The van der Waals surface area contributed by atoms with Crippen molar-refractivity contribution < 1.29 is 0 Å². The predicted octanol–water partition coefficient (Wildman–Crippen LogP) is 5.76. The van der Waals surface area contributed by atoms with Crippen LogP contribution in [-0.2, 0) is 0 Å². The van der Waals surface area contributed by atoms with Crippen LogP contribution in [0.25, 0.3) is 0 Å². The Morgan fingerprint density at radius 2 is 1.00 bits per heavy atom. The molecule has 100 valence electrons. The highest BCUT2D eigenvalue weighted by Crippen LogP contribution is 2.26. The first-order valence-corrected chi connectivity index (χ1v) is 7.37. The summed E-state index contributed by atoms with van der Waals surface area (Å²) >= 11 is 0. The Hall–Kier alpha value is -1.56. The minimum absolute atomic E-state index is 0.671. The lowest BCUT2D eigenvalue weighted by Gasteiger charge is -2.15. The topological polar surface area (TPSA) is 0 Å². The summed E-state index contributed by atoms with van der Waals surface area (Å²) in [5.41, 5.74) is 2.93. The normalized spacial score (nSPS) is 14.0. The van der Waals surface area contributed by atoms with Gasteiger partial charge in [-0.05, 0) is 35.8 Å². The molecule has 0 nitrogen and oxygen atoms in total. The van der Waals surface area contributed by atoms with Crippen molar-refractivity contribution in [2.75, 3.05) is 0 Å². The van der Waals surface area contributed by atoms with Gasteiger partial charge in [0.15, 0.2) is 0 Å². The second-order valence-corrected chi connectivity index (χ2v) is 5.55. The molecule has 0 saturated heterocycles. The second kappa shape index (κ2) is 7.13. The van der Waals surface area contributed by atoms with Gasteiger partial charge in [-0.15, -0.1) is 0 Å². The van der Waals surface area contributed by atoms with Gasteiger partial charge in [0, 0.05) is 0 Å². The van der Waals surface area contributed by atoms with Crippen LogP contribution in [0.3, 0.4) is 0 Å². The molecule has 0 aliphatic carbocycles. The van der Waals surface area contributed by atoms with Gasteiger partial charge < -0.3 is 0 Å². The van der Waals surface area contributed by atoms with Crippen molar-refractivity contribution in [1.82, 2.24) is 0 Å². The molecule has 0 aromatic heterocycles. The zero-order chi connectivity index (χ0) is 13.5. The molecule has 2 aromatic carbocycles. The third-order valence-electron chi connectivity index (χ3n) is 4.01. The molecular formula is C19H24. The van der Waals surface area contributed by atoms with Crippen LogP contribution < -0.4 is 0 Å². The summed E-state index contributed by atoms with van der Waals surface area (Å²) in [7, 11) is 0. The molecule has 0 radical (unpaired) electrons. The van der Waals surface area contributed by atoms with Crippen LogP contribution in [0.1, 0.15) is 56.1 Å². The molecule has 0 N–H and O–H groups in total. The average Bonchev–Trinajstić information content (AvgIpc) is 2.49. The van der Waals surface area contributed by atoms with E-state index < -0.39 is 0 Å². The molecule has 0 bridgehead atoms. The zero-order valence-electron chi connectivity index (χ0n) is 12.0. The molecule has 0 unspecified atom stereocenters. The fourth-order valence-electron chi connectivity index (χ4n) is 2.63. The van der Waals surface area contributed by atoms with E-state index in [1.165, 1.54) is 30.4 Å². The summed E-state index contributed by atoms with van der Waals surface area (Å²) in [5, 5.41) is 0. The highest BCUT2D eigenvalue weighted by Gasteiger charge is 2.08. The van der Waals surface area contributed by atoms with Crippen molar-refractivity contribution in [3.63, 3.8) is 0 Å². The number of benzene rings is 2. The van der Waals surface area contributed by atoms with Gasteiger partial charge in [0.1, 0.15) is 0 Å². The van der Waals surface area contributed by atoms with E-state index in [1.807, 2.05) is 0 Å². The third-order valence-corrected chi connectivity index (χ3v) is 4.01. The molecule has 0 heteroatoms. The summed E-state index contributed by atoms with van der Waals surface area (Å²) in [5.74, 6) is 1.34. The molecule has 2 aromatic rings. The van der Waals surface area contributed by atoms with Gasteiger partial charge in [-0.25, -0.2) is 0 Å². The quantitative estimate of drug-likeness (QED) is 0.612. The summed E-state index contributed by atoms with van der Waals surface area (Å²) in [6.45, 7) is 4.67. The Morgan fingerprint density at radius 3 is 1.37 bits per heavy atom. The lowest BCUT2D eigenvalue weighted by Crippen LogP contribution is -1.97. The fourth-order valence-corrected chi connectivity index (χ4v) is 2.63. The molecule has 0 saturated carbocycles. The average molecular weight is 252 g/mol. The van der Waals surface area contributed by atoms with Crippen molar-refractivity contribution in [3.8, 4) is 0 Å². The first-order valence-electron chi connectivity index (χ1n) is 7.37. The zero-order valence-corrected chi connectivity index (χ0v) is 12.0. The third kappa shape index (κ3) is 4.24. The van der Waals surface area contributed by atoms with E-state index in [-0.39, 0.29) is 0 Å². The minimum Gasteiger partial charge on any atom is -0.0622 e. The lowest BCUT2D eigenvalue weighted by molar-refractivity contribution is 0.561. The SMILES string of the molecule is C[C@H](CCC[C@H](C)c1ccccc1)c1ccccc1. The highest BCUT2D eigenvalue weighted by molar-refractivity contribution is 5.19. The number of rotatable bonds is 6. The Balaban J connectivity index is 1.78. The van der Waals surface area contributed by atoms with E-state index in [4.69, 9.17) is 0 Å². The van der Waals surface area contributed by atoms with Crippen molar-refractivity contribution in [1.29, 1.82) is 0 Å².